The molecule has 2 heterocycles. The van der Waals surface area contributed by atoms with Crippen molar-refractivity contribution in [3.05, 3.63) is 97.0 Å². The first-order chi connectivity index (χ1) is 13.8. The van der Waals surface area contributed by atoms with Crippen LogP contribution in [0.2, 0.25) is 0 Å². The number of nitrogens with zero attached hydrogens (tertiary/aromatic N) is 1. The zero-order valence-electron chi connectivity index (χ0n) is 15.1. The Balaban J connectivity index is 1.47. The van der Waals surface area contributed by atoms with Gasteiger partial charge in [0.05, 0.1) is 24.1 Å². The van der Waals surface area contributed by atoms with Gasteiger partial charge >= 0.3 is 0 Å². The van der Waals surface area contributed by atoms with Crippen molar-refractivity contribution < 1.29 is 9.21 Å². The highest BCUT2D eigenvalue weighted by molar-refractivity contribution is 6.09. The molecule has 0 aliphatic carbocycles. The van der Waals surface area contributed by atoms with E-state index in [1.807, 2.05) is 77.6 Å². The Bertz CT molecular complexity index is 1280. The van der Waals surface area contributed by atoms with Crippen LogP contribution in [0.25, 0.3) is 27.4 Å². The first-order valence-electron chi connectivity index (χ1n) is 9.20. The summed E-state index contributed by atoms with van der Waals surface area (Å²) in [6.45, 7) is 0. The molecule has 4 heteroatoms. The molecule has 0 saturated carbocycles. The molecule has 0 saturated heterocycles. The minimum Gasteiger partial charge on any atom is -0.464 e. The molecule has 0 radical (unpaired) electrons. The third kappa shape index (κ3) is 2.85. The van der Waals surface area contributed by atoms with Crippen molar-refractivity contribution in [1.82, 2.24) is 4.57 Å². The molecule has 28 heavy (non-hydrogen) atoms. The van der Waals surface area contributed by atoms with E-state index in [1.54, 1.807) is 6.26 Å². The van der Waals surface area contributed by atoms with Gasteiger partial charge in [0, 0.05) is 23.3 Å². The number of aromatic nitrogens is 1. The normalized spacial score (nSPS) is 11.1. The second kappa shape index (κ2) is 6.74. The van der Waals surface area contributed by atoms with Gasteiger partial charge in [-0.25, -0.2) is 0 Å². The number of rotatable bonds is 4. The smallest absolute Gasteiger partial charge is 0.228 e. The molecule has 4 nitrogen and oxygen atoms in total. The monoisotopic (exact) mass is 366 g/mol. The van der Waals surface area contributed by atoms with E-state index in [9.17, 15) is 4.79 Å². The number of benzene rings is 3. The van der Waals surface area contributed by atoms with E-state index in [4.69, 9.17) is 4.42 Å². The third-order valence-corrected chi connectivity index (χ3v) is 4.95. The molecule has 136 valence electrons. The van der Waals surface area contributed by atoms with Crippen molar-refractivity contribution >= 4 is 33.3 Å². The van der Waals surface area contributed by atoms with Gasteiger partial charge in [-0.1, -0.05) is 42.5 Å². The summed E-state index contributed by atoms with van der Waals surface area (Å²) in [5.74, 6) is -0.0739. The van der Waals surface area contributed by atoms with E-state index >= 15 is 0 Å². The van der Waals surface area contributed by atoms with E-state index < -0.39 is 0 Å². The van der Waals surface area contributed by atoms with Crippen LogP contribution in [0.1, 0.15) is 5.56 Å². The molecule has 0 aliphatic heterocycles. The highest BCUT2D eigenvalue weighted by atomic mass is 16.3. The number of furan rings is 1. The molecule has 2 aromatic heterocycles. The number of para-hydroxylation sites is 2. The molecule has 0 atom stereocenters. The highest BCUT2D eigenvalue weighted by Gasteiger charge is 2.14. The maximum Gasteiger partial charge on any atom is 0.228 e. The zero-order valence-corrected chi connectivity index (χ0v) is 15.1. The quantitative estimate of drug-likeness (QED) is 0.453. The lowest BCUT2D eigenvalue weighted by molar-refractivity contribution is -0.115. The number of carbonyl (C=O) groups is 1. The molecule has 5 aromatic rings. The second-order valence-corrected chi connectivity index (χ2v) is 6.75. The summed E-state index contributed by atoms with van der Waals surface area (Å²) in [4.78, 5) is 12.8. The molecular formula is C24H18N2O2. The van der Waals surface area contributed by atoms with Crippen LogP contribution in [0.15, 0.2) is 95.9 Å². The first kappa shape index (κ1) is 16.4. The van der Waals surface area contributed by atoms with E-state index in [-0.39, 0.29) is 12.3 Å². The zero-order chi connectivity index (χ0) is 18.9. The summed E-state index contributed by atoms with van der Waals surface area (Å²) < 4.78 is 7.69. The third-order valence-electron chi connectivity index (χ3n) is 4.95. The Labute approximate surface area is 162 Å². The Hall–Kier alpha value is -3.79. The Morgan fingerprint density at radius 2 is 1.68 bits per heavy atom. The van der Waals surface area contributed by atoms with Crippen molar-refractivity contribution in [2.45, 2.75) is 6.42 Å². The van der Waals surface area contributed by atoms with Crippen LogP contribution >= 0.6 is 0 Å². The molecule has 0 fully saturated rings. The lowest BCUT2D eigenvalue weighted by Crippen LogP contribution is -2.15. The van der Waals surface area contributed by atoms with Gasteiger partial charge in [-0.05, 0) is 41.1 Å². The predicted molar refractivity (Wildman–Crippen MR) is 112 cm³/mol. The second-order valence-electron chi connectivity index (χ2n) is 6.75. The van der Waals surface area contributed by atoms with Crippen molar-refractivity contribution in [2.75, 3.05) is 5.32 Å². The first-order valence-corrected chi connectivity index (χ1v) is 9.20. The van der Waals surface area contributed by atoms with Gasteiger partial charge < -0.3 is 14.3 Å². The average molecular weight is 366 g/mol. The average Bonchev–Trinajstić information content (AvgIpc) is 3.39. The fraction of sp³-hybridized carbons (Fsp3) is 0.0417. The van der Waals surface area contributed by atoms with Gasteiger partial charge in [0.2, 0.25) is 5.91 Å². The van der Waals surface area contributed by atoms with Crippen LogP contribution in [0.5, 0.6) is 0 Å². The molecule has 0 spiro atoms. The van der Waals surface area contributed by atoms with E-state index in [2.05, 4.69) is 17.4 Å². The number of carbonyl (C=O) groups excluding carboxylic acids is 1. The van der Waals surface area contributed by atoms with Gasteiger partial charge in [0.25, 0.3) is 0 Å². The molecule has 1 amide bonds. The highest BCUT2D eigenvalue weighted by Crippen LogP contribution is 2.30. The molecule has 1 N–H and O–H groups in total. The summed E-state index contributed by atoms with van der Waals surface area (Å²) >= 11 is 0. The SMILES string of the molecule is O=C(Cc1coc2ccc3ccccc3c12)Nc1ccccc1-n1cccc1. The standard InChI is InChI=1S/C24H18N2O2/c27-23(25-20-9-3-4-10-21(20)26-13-5-6-14-26)15-18-16-28-22-12-11-17-7-1-2-8-19(17)24(18)22/h1-14,16H,15H2,(H,25,27). The summed E-state index contributed by atoms with van der Waals surface area (Å²) in [6.07, 6.45) is 5.86. The summed E-state index contributed by atoms with van der Waals surface area (Å²) in [5.41, 5.74) is 3.40. The fourth-order valence-corrected chi connectivity index (χ4v) is 3.67. The van der Waals surface area contributed by atoms with Gasteiger partial charge in [0.15, 0.2) is 0 Å². The van der Waals surface area contributed by atoms with Crippen LogP contribution in [0.3, 0.4) is 0 Å². The number of fused-ring (bicyclic) bond motifs is 3. The fourth-order valence-electron chi connectivity index (χ4n) is 3.67. The van der Waals surface area contributed by atoms with E-state index in [0.29, 0.717) is 0 Å². The summed E-state index contributed by atoms with van der Waals surface area (Å²) in [6, 6.07) is 23.8. The number of nitrogens with one attached hydrogen (secondary N) is 1. The Morgan fingerprint density at radius 1 is 0.893 bits per heavy atom. The topological polar surface area (TPSA) is 47.2 Å². The minimum atomic E-state index is -0.0739. The van der Waals surface area contributed by atoms with Crippen LogP contribution in [-0.2, 0) is 11.2 Å². The summed E-state index contributed by atoms with van der Waals surface area (Å²) in [7, 11) is 0. The predicted octanol–water partition coefficient (Wildman–Crippen LogP) is 5.56. The van der Waals surface area contributed by atoms with Crippen molar-refractivity contribution in [1.29, 1.82) is 0 Å². The lowest BCUT2D eigenvalue weighted by Gasteiger charge is -2.12. The summed E-state index contributed by atoms with van der Waals surface area (Å²) in [5, 5.41) is 6.29. The van der Waals surface area contributed by atoms with Crippen molar-refractivity contribution in [3.63, 3.8) is 0 Å². The van der Waals surface area contributed by atoms with E-state index in [0.717, 1.165) is 38.7 Å². The number of hydrogen-bond donors (Lipinski definition) is 1. The molecule has 0 unspecified atom stereocenters. The van der Waals surface area contributed by atoms with Crippen LogP contribution in [-0.4, -0.2) is 10.5 Å². The van der Waals surface area contributed by atoms with Gasteiger partial charge in [-0.15, -0.1) is 0 Å². The Kier molecular flexibility index (Phi) is 3.95. The molecular weight excluding hydrogens is 348 g/mol. The molecule has 0 bridgehead atoms. The maximum absolute atomic E-state index is 12.8. The van der Waals surface area contributed by atoms with Crippen LogP contribution < -0.4 is 5.32 Å². The number of hydrogen-bond acceptors (Lipinski definition) is 2. The molecule has 0 aliphatic rings. The number of anilines is 1. The molecule has 3 aromatic carbocycles. The van der Waals surface area contributed by atoms with Crippen LogP contribution in [0, 0.1) is 0 Å². The Morgan fingerprint density at radius 3 is 2.57 bits per heavy atom. The largest absolute Gasteiger partial charge is 0.464 e. The number of amides is 1. The maximum atomic E-state index is 12.8. The van der Waals surface area contributed by atoms with Crippen molar-refractivity contribution in [3.8, 4) is 5.69 Å². The minimum absolute atomic E-state index is 0.0739. The van der Waals surface area contributed by atoms with Gasteiger partial charge in [0.1, 0.15) is 5.58 Å². The van der Waals surface area contributed by atoms with Gasteiger partial charge in [-0.2, -0.15) is 0 Å². The van der Waals surface area contributed by atoms with E-state index in [1.165, 1.54) is 0 Å². The van der Waals surface area contributed by atoms with Crippen molar-refractivity contribution in [2.24, 2.45) is 0 Å². The molecule has 5 rings (SSSR count). The van der Waals surface area contributed by atoms with Crippen LogP contribution in [0.4, 0.5) is 5.69 Å². The van der Waals surface area contributed by atoms with Gasteiger partial charge in [-0.3, -0.25) is 4.79 Å². The lowest BCUT2D eigenvalue weighted by atomic mass is 10.0.